The van der Waals surface area contributed by atoms with Crippen LogP contribution in [0, 0.1) is 5.92 Å². The van der Waals surface area contributed by atoms with Crippen LogP contribution in [0.2, 0.25) is 0 Å². The molecular formula is C20H29N3O2. The molecule has 1 heterocycles. The van der Waals surface area contributed by atoms with E-state index in [0.717, 1.165) is 39.3 Å². The van der Waals surface area contributed by atoms with E-state index in [2.05, 4.69) is 35.2 Å². The first kappa shape index (κ1) is 18.1. The fourth-order valence-corrected chi connectivity index (χ4v) is 3.47. The van der Waals surface area contributed by atoms with Crippen LogP contribution in [-0.4, -0.2) is 55.1 Å². The number of carbonyl (C=O) groups is 1. The van der Waals surface area contributed by atoms with E-state index in [1.807, 2.05) is 18.0 Å². The third-order valence-electron chi connectivity index (χ3n) is 5.02. The van der Waals surface area contributed by atoms with Gasteiger partial charge >= 0.3 is 0 Å². The SMILES string of the molecule is CN(Cc1ccc(CN2CCOCC2)cc1)C(=O)C[C@@H]1C=C[C@H](N)C1. The van der Waals surface area contributed by atoms with E-state index in [4.69, 9.17) is 10.5 Å². The third-order valence-corrected chi connectivity index (χ3v) is 5.02. The number of allylic oxidation sites excluding steroid dienone is 1. The predicted octanol–water partition coefficient (Wildman–Crippen LogP) is 1.77. The molecule has 1 aliphatic carbocycles. The molecule has 5 heteroatoms. The van der Waals surface area contributed by atoms with Gasteiger partial charge in [0.05, 0.1) is 13.2 Å². The molecule has 1 fully saturated rings. The summed E-state index contributed by atoms with van der Waals surface area (Å²) in [7, 11) is 1.88. The Kier molecular flexibility index (Phi) is 6.24. The van der Waals surface area contributed by atoms with Gasteiger partial charge in [-0.25, -0.2) is 0 Å². The molecule has 25 heavy (non-hydrogen) atoms. The fourth-order valence-electron chi connectivity index (χ4n) is 3.47. The molecule has 0 aromatic heterocycles. The number of morpholine rings is 1. The molecule has 0 bridgehead atoms. The molecule has 1 saturated heterocycles. The summed E-state index contributed by atoms with van der Waals surface area (Å²) < 4.78 is 5.39. The molecule has 2 N–H and O–H groups in total. The van der Waals surface area contributed by atoms with E-state index < -0.39 is 0 Å². The number of hydrogen-bond acceptors (Lipinski definition) is 4. The summed E-state index contributed by atoms with van der Waals surface area (Å²) in [6.45, 7) is 5.26. The van der Waals surface area contributed by atoms with Gasteiger partial charge in [-0.2, -0.15) is 0 Å². The van der Waals surface area contributed by atoms with Gasteiger partial charge in [0, 0.05) is 45.7 Å². The molecule has 1 aliphatic heterocycles. The van der Waals surface area contributed by atoms with Crippen LogP contribution in [0.1, 0.15) is 24.0 Å². The zero-order chi connectivity index (χ0) is 17.6. The highest BCUT2D eigenvalue weighted by Crippen LogP contribution is 2.21. The molecule has 2 atom stereocenters. The number of carbonyl (C=O) groups excluding carboxylic acids is 1. The van der Waals surface area contributed by atoms with E-state index >= 15 is 0 Å². The van der Waals surface area contributed by atoms with Crippen molar-refractivity contribution in [3.05, 3.63) is 47.5 Å². The molecule has 5 nitrogen and oxygen atoms in total. The maximum Gasteiger partial charge on any atom is 0.223 e. The van der Waals surface area contributed by atoms with Gasteiger partial charge in [-0.05, 0) is 23.5 Å². The summed E-state index contributed by atoms with van der Waals surface area (Å²) in [6.07, 6.45) is 5.52. The number of benzene rings is 1. The quantitative estimate of drug-likeness (QED) is 0.800. The van der Waals surface area contributed by atoms with E-state index in [1.165, 1.54) is 11.1 Å². The Morgan fingerprint density at radius 1 is 1.20 bits per heavy atom. The maximum atomic E-state index is 12.4. The smallest absolute Gasteiger partial charge is 0.223 e. The molecule has 0 unspecified atom stereocenters. The standard InChI is InChI=1S/C20H29N3O2/c1-22(20(24)13-18-6-7-19(21)12-18)14-16-2-4-17(5-3-16)15-23-8-10-25-11-9-23/h2-7,18-19H,8-15,21H2,1H3/t18-,19+/m1/s1. The minimum atomic E-state index is 0.113. The van der Waals surface area contributed by atoms with Gasteiger partial charge in [0.1, 0.15) is 0 Å². The predicted molar refractivity (Wildman–Crippen MR) is 98.9 cm³/mol. The summed E-state index contributed by atoms with van der Waals surface area (Å²) >= 11 is 0. The molecule has 1 amide bonds. The van der Waals surface area contributed by atoms with Gasteiger partial charge in [0.2, 0.25) is 5.91 Å². The Hall–Kier alpha value is -1.69. The van der Waals surface area contributed by atoms with Crippen molar-refractivity contribution in [1.29, 1.82) is 0 Å². The molecule has 0 spiro atoms. The largest absolute Gasteiger partial charge is 0.379 e. The Morgan fingerprint density at radius 2 is 1.88 bits per heavy atom. The number of amides is 1. The molecule has 1 aromatic carbocycles. The van der Waals surface area contributed by atoms with Crippen LogP contribution < -0.4 is 5.73 Å². The van der Waals surface area contributed by atoms with E-state index in [-0.39, 0.29) is 11.9 Å². The molecule has 2 aliphatic rings. The summed E-state index contributed by atoms with van der Waals surface area (Å²) in [6, 6.07) is 8.71. The molecular weight excluding hydrogens is 314 g/mol. The normalized spacial score (nSPS) is 23.8. The fraction of sp³-hybridized carbons (Fsp3) is 0.550. The van der Waals surface area contributed by atoms with E-state index in [0.29, 0.717) is 18.9 Å². The average molecular weight is 343 g/mol. The van der Waals surface area contributed by atoms with Crippen LogP contribution in [-0.2, 0) is 22.6 Å². The number of ether oxygens (including phenoxy) is 1. The summed E-state index contributed by atoms with van der Waals surface area (Å²) in [5, 5.41) is 0. The molecule has 3 rings (SSSR count). The first-order chi connectivity index (χ1) is 12.1. The summed E-state index contributed by atoms with van der Waals surface area (Å²) in [5.41, 5.74) is 8.34. The Labute approximate surface area is 150 Å². The first-order valence-corrected chi connectivity index (χ1v) is 9.16. The van der Waals surface area contributed by atoms with Crippen molar-refractivity contribution in [1.82, 2.24) is 9.80 Å². The highest BCUT2D eigenvalue weighted by molar-refractivity contribution is 5.76. The average Bonchev–Trinajstić information content (AvgIpc) is 3.02. The van der Waals surface area contributed by atoms with Crippen LogP contribution in [0.5, 0.6) is 0 Å². The second kappa shape index (κ2) is 8.61. The van der Waals surface area contributed by atoms with Gasteiger partial charge in [-0.1, -0.05) is 36.4 Å². The Bertz CT molecular complexity index is 593. The summed E-state index contributed by atoms with van der Waals surface area (Å²) in [4.78, 5) is 16.6. The minimum Gasteiger partial charge on any atom is -0.379 e. The molecule has 1 aromatic rings. The number of nitrogens with zero attached hydrogens (tertiary/aromatic N) is 2. The van der Waals surface area contributed by atoms with Crippen LogP contribution in [0.15, 0.2) is 36.4 Å². The highest BCUT2D eigenvalue weighted by Gasteiger charge is 2.20. The van der Waals surface area contributed by atoms with Crippen molar-refractivity contribution in [2.45, 2.75) is 32.0 Å². The van der Waals surface area contributed by atoms with Gasteiger partial charge in [-0.3, -0.25) is 9.69 Å². The molecule has 0 saturated carbocycles. The van der Waals surface area contributed by atoms with E-state index in [9.17, 15) is 4.79 Å². The summed E-state index contributed by atoms with van der Waals surface area (Å²) in [5.74, 6) is 0.474. The van der Waals surface area contributed by atoms with Crippen molar-refractivity contribution in [2.75, 3.05) is 33.4 Å². The van der Waals surface area contributed by atoms with Crippen LogP contribution in [0.4, 0.5) is 0 Å². The lowest BCUT2D eigenvalue weighted by atomic mass is 10.0. The number of rotatable bonds is 6. The van der Waals surface area contributed by atoms with E-state index in [1.54, 1.807) is 0 Å². The van der Waals surface area contributed by atoms with Crippen LogP contribution >= 0.6 is 0 Å². The van der Waals surface area contributed by atoms with Gasteiger partial charge in [0.15, 0.2) is 0 Å². The first-order valence-electron chi connectivity index (χ1n) is 9.16. The molecule has 136 valence electrons. The monoisotopic (exact) mass is 343 g/mol. The van der Waals surface area contributed by atoms with Gasteiger partial charge in [0.25, 0.3) is 0 Å². The lowest BCUT2D eigenvalue weighted by Crippen LogP contribution is -2.35. The van der Waals surface area contributed by atoms with Crippen molar-refractivity contribution in [2.24, 2.45) is 11.7 Å². The van der Waals surface area contributed by atoms with Crippen molar-refractivity contribution in [3.8, 4) is 0 Å². The topological polar surface area (TPSA) is 58.8 Å². The zero-order valence-electron chi connectivity index (χ0n) is 15.1. The van der Waals surface area contributed by atoms with Crippen molar-refractivity contribution < 1.29 is 9.53 Å². The Balaban J connectivity index is 1.46. The maximum absolute atomic E-state index is 12.4. The van der Waals surface area contributed by atoms with Gasteiger partial charge in [-0.15, -0.1) is 0 Å². The number of hydrogen-bond donors (Lipinski definition) is 1. The second-order valence-electron chi connectivity index (χ2n) is 7.20. The lowest BCUT2D eigenvalue weighted by molar-refractivity contribution is -0.131. The van der Waals surface area contributed by atoms with Crippen LogP contribution in [0.25, 0.3) is 0 Å². The minimum absolute atomic E-state index is 0.113. The van der Waals surface area contributed by atoms with Crippen molar-refractivity contribution >= 4 is 5.91 Å². The zero-order valence-corrected chi connectivity index (χ0v) is 15.1. The third kappa shape index (κ3) is 5.39. The van der Waals surface area contributed by atoms with Crippen molar-refractivity contribution in [3.63, 3.8) is 0 Å². The van der Waals surface area contributed by atoms with Gasteiger partial charge < -0.3 is 15.4 Å². The van der Waals surface area contributed by atoms with Crippen LogP contribution in [0.3, 0.4) is 0 Å². The number of nitrogens with two attached hydrogens (primary N) is 1. The lowest BCUT2D eigenvalue weighted by Gasteiger charge is -2.26. The molecule has 0 radical (unpaired) electrons. The second-order valence-corrected chi connectivity index (χ2v) is 7.20. The Morgan fingerprint density at radius 3 is 2.52 bits per heavy atom. The highest BCUT2D eigenvalue weighted by atomic mass is 16.5.